The Kier molecular flexibility index (Phi) is 4.17. The molecule has 0 heterocycles. The minimum atomic E-state index is -1.03. The van der Waals surface area contributed by atoms with E-state index in [1.165, 1.54) is 0 Å². The van der Waals surface area contributed by atoms with Crippen LogP contribution in [0.4, 0.5) is 0 Å². The molecular weight excluding hydrogens is 218 g/mol. The van der Waals surface area contributed by atoms with Crippen LogP contribution in [0.3, 0.4) is 0 Å². The largest absolute Gasteiger partial charge is 0.480 e. The Morgan fingerprint density at radius 3 is 2.35 bits per heavy atom. The summed E-state index contributed by atoms with van der Waals surface area (Å²) in [6.07, 6.45) is 4.42. The van der Waals surface area contributed by atoms with Crippen LogP contribution in [-0.2, 0) is 9.59 Å². The molecule has 0 spiro atoms. The summed E-state index contributed by atoms with van der Waals surface area (Å²) in [4.78, 5) is 21.8. The third kappa shape index (κ3) is 2.79. The molecule has 4 heteroatoms. The Labute approximate surface area is 103 Å². The zero-order valence-electron chi connectivity index (χ0n) is 11.0. The van der Waals surface area contributed by atoms with Gasteiger partial charge in [-0.25, -0.2) is 4.79 Å². The topological polar surface area (TPSA) is 66.4 Å². The molecule has 1 aliphatic rings. The van der Waals surface area contributed by atoms with E-state index in [9.17, 15) is 14.7 Å². The lowest BCUT2D eigenvalue weighted by Crippen LogP contribution is -2.54. The summed E-state index contributed by atoms with van der Waals surface area (Å²) in [5.74, 6) is -0.356. The highest BCUT2D eigenvalue weighted by molar-refractivity contribution is 5.81. The highest BCUT2D eigenvalue weighted by Gasteiger charge is 2.44. The lowest BCUT2D eigenvalue weighted by Gasteiger charge is -2.42. The molecule has 4 nitrogen and oxygen atoms in total. The molecule has 0 unspecified atom stereocenters. The maximum atomic E-state index is 11.3. The average molecular weight is 241 g/mol. The van der Waals surface area contributed by atoms with Crippen molar-refractivity contribution >= 4 is 12.4 Å². The third-order valence-electron chi connectivity index (χ3n) is 4.60. The Morgan fingerprint density at radius 2 is 2.00 bits per heavy atom. The molecule has 0 atom stereocenters. The number of hydrogen-bond acceptors (Lipinski definition) is 2. The van der Waals surface area contributed by atoms with E-state index >= 15 is 0 Å². The van der Waals surface area contributed by atoms with Gasteiger partial charge in [0, 0.05) is 0 Å². The molecule has 0 aromatic heterocycles. The molecular formula is C13H23NO3. The lowest BCUT2D eigenvalue weighted by atomic mass is 9.65. The molecule has 0 bridgehead atoms. The number of hydrogen-bond donors (Lipinski definition) is 2. The molecule has 17 heavy (non-hydrogen) atoms. The Balaban J connectivity index is 2.71. The van der Waals surface area contributed by atoms with Gasteiger partial charge in [0.2, 0.25) is 6.41 Å². The minimum Gasteiger partial charge on any atom is -0.480 e. The second-order valence-electron chi connectivity index (χ2n) is 5.77. The summed E-state index contributed by atoms with van der Waals surface area (Å²) in [5.41, 5.74) is -0.770. The number of amides is 1. The van der Waals surface area contributed by atoms with Crippen molar-refractivity contribution in [2.24, 2.45) is 11.3 Å². The van der Waals surface area contributed by atoms with E-state index in [0.29, 0.717) is 25.2 Å². The highest BCUT2D eigenvalue weighted by Crippen LogP contribution is 2.43. The van der Waals surface area contributed by atoms with E-state index in [4.69, 9.17) is 0 Å². The van der Waals surface area contributed by atoms with E-state index in [2.05, 4.69) is 26.1 Å². The summed E-state index contributed by atoms with van der Waals surface area (Å²) < 4.78 is 0. The second-order valence-corrected chi connectivity index (χ2v) is 5.77. The van der Waals surface area contributed by atoms with Crippen LogP contribution in [0.5, 0.6) is 0 Å². The lowest BCUT2D eigenvalue weighted by molar-refractivity contribution is -0.148. The van der Waals surface area contributed by atoms with Crippen molar-refractivity contribution in [2.75, 3.05) is 0 Å². The number of rotatable bonds is 5. The van der Waals surface area contributed by atoms with Gasteiger partial charge in [0.05, 0.1) is 0 Å². The fourth-order valence-corrected chi connectivity index (χ4v) is 2.71. The molecule has 0 aromatic carbocycles. The van der Waals surface area contributed by atoms with Crippen molar-refractivity contribution in [3.8, 4) is 0 Å². The van der Waals surface area contributed by atoms with E-state index < -0.39 is 11.5 Å². The number of nitrogens with one attached hydrogen (secondary N) is 1. The molecule has 98 valence electrons. The maximum Gasteiger partial charge on any atom is 0.329 e. The number of carboxylic acid groups (broad SMARTS) is 1. The van der Waals surface area contributed by atoms with E-state index in [1.54, 1.807) is 0 Å². The number of carbonyl (C=O) groups excluding carboxylic acids is 1. The van der Waals surface area contributed by atoms with Crippen molar-refractivity contribution in [3.05, 3.63) is 0 Å². The van der Waals surface area contributed by atoms with Crippen molar-refractivity contribution < 1.29 is 14.7 Å². The summed E-state index contributed by atoms with van der Waals surface area (Å²) in [6.45, 7) is 6.64. The van der Waals surface area contributed by atoms with E-state index in [0.717, 1.165) is 19.3 Å². The average Bonchev–Trinajstić information content (AvgIpc) is 2.30. The number of carbonyl (C=O) groups is 2. The molecule has 1 rings (SSSR count). The fraction of sp³-hybridized carbons (Fsp3) is 0.846. The van der Waals surface area contributed by atoms with Gasteiger partial charge in [-0.15, -0.1) is 0 Å². The molecule has 1 aliphatic carbocycles. The summed E-state index contributed by atoms with van der Waals surface area (Å²) in [6, 6.07) is 0. The van der Waals surface area contributed by atoms with Crippen LogP contribution in [0, 0.1) is 11.3 Å². The molecule has 1 fully saturated rings. The predicted octanol–water partition coefficient (Wildman–Crippen LogP) is 2.18. The number of carboxylic acids is 1. The van der Waals surface area contributed by atoms with Gasteiger partial charge in [-0.05, 0) is 37.0 Å². The first-order valence-electron chi connectivity index (χ1n) is 6.33. The van der Waals surface area contributed by atoms with Gasteiger partial charge in [0.1, 0.15) is 5.54 Å². The quantitative estimate of drug-likeness (QED) is 0.725. The van der Waals surface area contributed by atoms with Crippen LogP contribution in [0.15, 0.2) is 0 Å². The first-order valence-corrected chi connectivity index (χ1v) is 6.33. The predicted molar refractivity (Wildman–Crippen MR) is 65.6 cm³/mol. The van der Waals surface area contributed by atoms with Crippen LogP contribution in [0.1, 0.15) is 52.9 Å². The second kappa shape index (κ2) is 5.07. The molecule has 0 aliphatic heterocycles. The Bertz CT molecular complexity index is 291. The van der Waals surface area contributed by atoms with Crippen molar-refractivity contribution in [3.63, 3.8) is 0 Å². The minimum absolute atomic E-state index is 0.256. The molecule has 0 aromatic rings. The summed E-state index contributed by atoms with van der Waals surface area (Å²) in [5, 5.41) is 11.8. The molecule has 1 saturated carbocycles. The standard InChI is InChI=1S/C13H23NO3/c1-4-12(2,3)10-5-7-13(8-6-10,11(16)17)14-9-15/h9-10H,4-8H2,1-3H3,(H,14,15)(H,16,17). The van der Waals surface area contributed by atoms with Crippen LogP contribution < -0.4 is 5.32 Å². The molecule has 0 radical (unpaired) electrons. The normalized spacial score (nSPS) is 29.7. The van der Waals surface area contributed by atoms with Gasteiger partial charge in [0.15, 0.2) is 0 Å². The summed E-state index contributed by atoms with van der Waals surface area (Å²) in [7, 11) is 0. The van der Waals surface area contributed by atoms with Crippen LogP contribution >= 0.6 is 0 Å². The van der Waals surface area contributed by atoms with Crippen molar-refractivity contribution in [1.29, 1.82) is 0 Å². The Hall–Kier alpha value is -1.06. The van der Waals surface area contributed by atoms with Gasteiger partial charge >= 0.3 is 5.97 Å². The third-order valence-corrected chi connectivity index (χ3v) is 4.60. The van der Waals surface area contributed by atoms with Crippen molar-refractivity contribution in [2.45, 2.75) is 58.4 Å². The maximum absolute atomic E-state index is 11.3. The first-order chi connectivity index (χ1) is 7.88. The van der Waals surface area contributed by atoms with Gasteiger partial charge in [-0.2, -0.15) is 0 Å². The van der Waals surface area contributed by atoms with Gasteiger partial charge in [-0.3, -0.25) is 4.79 Å². The Morgan fingerprint density at radius 1 is 1.47 bits per heavy atom. The van der Waals surface area contributed by atoms with Gasteiger partial charge in [-0.1, -0.05) is 27.2 Å². The number of aliphatic carboxylic acids is 1. The van der Waals surface area contributed by atoms with Crippen LogP contribution in [-0.4, -0.2) is 23.0 Å². The van der Waals surface area contributed by atoms with Gasteiger partial charge < -0.3 is 10.4 Å². The van der Waals surface area contributed by atoms with E-state index in [-0.39, 0.29) is 5.41 Å². The smallest absolute Gasteiger partial charge is 0.329 e. The van der Waals surface area contributed by atoms with Crippen LogP contribution in [0.25, 0.3) is 0 Å². The van der Waals surface area contributed by atoms with Gasteiger partial charge in [0.25, 0.3) is 0 Å². The zero-order valence-corrected chi connectivity index (χ0v) is 11.0. The molecule has 1 amide bonds. The highest BCUT2D eigenvalue weighted by atomic mass is 16.4. The monoisotopic (exact) mass is 241 g/mol. The van der Waals surface area contributed by atoms with Crippen LogP contribution in [0.2, 0.25) is 0 Å². The van der Waals surface area contributed by atoms with E-state index in [1.807, 2.05) is 0 Å². The molecule has 0 saturated heterocycles. The summed E-state index contributed by atoms with van der Waals surface area (Å²) >= 11 is 0. The zero-order chi connectivity index (χ0) is 13.1. The first kappa shape index (κ1) is 14.0. The fourth-order valence-electron chi connectivity index (χ4n) is 2.71. The SMILES string of the molecule is CCC(C)(C)C1CCC(NC=O)(C(=O)O)CC1. The van der Waals surface area contributed by atoms with Crippen molar-refractivity contribution in [1.82, 2.24) is 5.32 Å². The molecule has 2 N–H and O–H groups in total.